The fraction of sp³-hybridized carbons (Fsp3) is 0.136. The zero-order valence-electron chi connectivity index (χ0n) is 15.5. The van der Waals surface area contributed by atoms with Crippen LogP contribution in [0.5, 0.6) is 0 Å². The standard InChI is InChI=1S/C22H17N3OS2/c1-14-18(11-20-21(26)24(2)22(27)28-20)17-9-5-6-10-19(17)25(14)13-16-8-4-3-7-15(16)12-23/h3-11H,13H2,1-2H3/b20-11+. The number of nitrogens with zero attached hydrogens (tertiary/aromatic N) is 3. The van der Waals surface area contributed by atoms with Gasteiger partial charge in [0.25, 0.3) is 5.91 Å². The second kappa shape index (κ2) is 7.27. The second-order valence-electron chi connectivity index (χ2n) is 6.61. The summed E-state index contributed by atoms with van der Waals surface area (Å²) < 4.78 is 2.77. The third-order valence-electron chi connectivity index (χ3n) is 5.01. The lowest BCUT2D eigenvalue weighted by Crippen LogP contribution is -2.22. The predicted octanol–water partition coefficient (Wildman–Crippen LogP) is 4.70. The zero-order chi connectivity index (χ0) is 19.8. The van der Waals surface area contributed by atoms with Crippen LogP contribution in [0.1, 0.15) is 22.4 Å². The minimum Gasteiger partial charge on any atom is -0.340 e. The summed E-state index contributed by atoms with van der Waals surface area (Å²) in [5.41, 5.74) is 4.79. The van der Waals surface area contributed by atoms with Crippen LogP contribution in [-0.4, -0.2) is 26.7 Å². The maximum atomic E-state index is 12.5. The van der Waals surface area contributed by atoms with Crippen LogP contribution in [0, 0.1) is 18.3 Å². The van der Waals surface area contributed by atoms with Gasteiger partial charge >= 0.3 is 0 Å². The Hall–Kier alpha value is -2.88. The molecule has 0 radical (unpaired) electrons. The van der Waals surface area contributed by atoms with Crippen molar-refractivity contribution in [1.82, 2.24) is 9.47 Å². The molecular formula is C22H17N3OS2. The summed E-state index contributed by atoms with van der Waals surface area (Å²) in [6.45, 7) is 2.65. The maximum absolute atomic E-state index is 12.5. The van der Waals surface area contributed by atoms with Crippen LogP contribution in [0.3, 0.4) is 0 Å². The second-order valence-corrected chi connectivity index (χ2v) is 8.29. The van der Waals surface area contributed by atoms with Crippen molar-refractivity contribution in [3.63, 3.8) is 0 Å². The predicted molar refractivity (Wildman–Crippen MR) is 118 cm³/mol. The number of likely N-dealkylation sites (N-methyl/N-ethyl adjacent to an activating group) is 1. The first-order valence-corrected chi connectivity index (χ1v) is 10.0. The average Bonchev–Trinajstić information content (AvgIpc) is 3.11. The molecule has 2 aromatic carbocycles. The number of nitriles is 1. The lowest BCUT2D eigenvalue weighted by atomic mass is 10.1. The summed E-state index contributed by atoms with van der Waals surface area (Å²) in [5.74, 6) is -0.0685. The van der Waals surface area contributed by atoms with Gasteiger partial charge in [-0.05, 0) is 30.7 Å². The maximum Gasteiger partial charge on any atom is 0.265 e. The number of amides is 1. The molecule has 1 aliphatic rings. The van der Waals surface area contributed by atoms with Crippen LogP contribution >= 0.6 is 24.0 Å². The van der Waals surface area contributed by atoms with Gasteiger partial charge in [0, 0.05) is 35.8 Å². The van der Waals surface area contributed by atoms with E-state index in [2.05, 4.69) is 22.8 Å². The lowest BCUT2D eigenvalue weighted by molar-refractivity contribution is -0.121. The molecule has 0 bridgehead atoms. The summed E-state index contributed by atoms with van der Waals surface area (Å²) in [7, 11) is 1.70. The molecule has 1 amide bonds. The number of carbonyl (C=O) groups excluding carboxylic acids is 1. The van der Waals surface area contributed by atoms with E-state index in [4.69, 9.17) is 12.2 Å². The molecule has 138 valence electrons. The largest absolute Gasteiger partial charge is 0.340 e. The van der Waals surface area contributed by atoms with Gasteiger partial charge in [-0.3, -0.25) is 9.69 Å². The lowest BCUT2D eigenvalue weighted by Gasteiger charge is -2.10. The molecule has 4 rings (SSSR count). The van der Waals surface area contributed by atoms with Crippen molar-refractivity contribution in [1.29, 1.82) is 5.26 Å². The smallest absolute Gasteiger partial charge is 0.265 e. The Morgan fingerprint density at radius 3 is 2.61 bits per heavy atom. The molecule has 28 heavy (non-hydrogen) atoms. The molecule has 1 saturated heterocycles. The number of aromatic nitrogens is 1. The van der Waals surface area contributed by atoms with Gasteiger partial charge in [-0.15, -0.1) is 0 Å². The van der Waals surface area contributed by atoms with Crippen molar-refractivity contribution < 1.29 is 4.79 Å². The van der Waals surface area contributed by atoms with E-state index in [9.17, 15) is 10.1 Å². The fourth-order valence-electron chi connectivity index (χ4n) is 3.46. The Morgan fingerprint density at radius 2 is 1.89 bits per heavy atom. The molecule has 0 spiro atoms. The van der Waals surface area contributed by atoms with Gasteiger partial charge < -0.3 is 4.57 Å². The molecule has 3 aromatic rings. The molecule has 0 aliphatic carbocycles. The number of carbonyl (C=O) groups is 1. The number of benzene rings is 2. The normalized spacial score (nSPS) is 15.6. The van der Waals surface area contributed by atoms with Gasteiger partial charge in [0.05, 0.1) is 16.5 Å². The fourth-order valence-corrected chi connectivity index (χ4v) is 4.62. The zero-order valence-corrected chi connectivity index (χ0v) is 17.1. The van der Waals surface area contributed by atoms with E-state index in [0.29, 0.717) is 21.3 Å². The number of rotatable bonds is 3. The molecular weight excluding hydrogens is 386 g/mol. The third-order valence-corrected chi connectivity index (χ3v) is 6.49. The monoisotopic (exact) mass is 403 g/mol. The van der Waals surface area contributed by atoms with Crippen molar-refractivity contribution in [2.75, 3.05) is 7.05 Å². The average molecular weight is 404 g/mol. The van der Waals surface area contributed by atoms with E-state index in [1.165, 1.54) is 16.7 Å². The Bertz CT molecular complexity index is 1200. The van der Waals surface area contributed by atoms with Gasteiger partial charge in [0.1, 0.15) is 4.32 Å². The van der Waals surface area contributed by atoms with Crippen LogP contribution in [0.25, 0.3) is 17.0 Å². The molecule has 6 heteroatoms. The van der Waals surface area contributed by atoms with E-state index >= 15 is 0 Å². The summed E-state index contributed by atoms with van der Waals surface area (Å²) in [6.07, 6.45) is 1.94. The van der Waals surface area contributed by atoms with Gasteiger partial charge in [-0.1, -0.05) is 60.4 Å². The Morgan fingerprint density at radius 1 is 1.18 bits per heavy atom. The molecule has 0 N–H and O–H groups in total. The van der Waals surface area contributed by atoms with E-state index in [-0.39, 0.29) is 5.91 Å². The molecule has 1 aliphatic heterocycles. The molecule has 0 atom stereocenters. The van der Waals surface area contributed by atoms with Crippen molar-refractivity contribution in [2.24, 2.45) is 0 Å². The highest BCUT2D eigenvalue weighted by Crippen LogP contribution is 2.35. The van der Waals surface area contributed by atoms with Crippen LogP contribution in [-0.2, 0) is 11.3 Å². The summed E-state index contributed by atoms with van der Waals surface area (Å²) in [4.78, 5) is 14.6. The van der Waals surface area contributed by atoms with Gasteiger partial charge in [0.15, 0.2) is 0 Å². The van der Waals surface area contributed by atoms with Gasteiger partial charge in [0.2, 0.25) is 0 Å². The van der Waals surface area contributed by atoms with Crippen LogP contribution < -0.4 is 0 Å². The Labute approximate surface area is 173 Å². The molecule has 4 nitrogen and oxygen atoms in total. The van der Waals surface area contributed by atoms with E-state index in [1.807, 2.05) is 49.4 Å². The van der Waals surface area contributed by atoms with Crippen LogP contribution in [0.15, 0.2) is 53.4 Å². The minimum atomic E-state index is -0.0685. The topological polar surface area (TPSA) is 49.0 Å². The molecule has 0 saturated carbocycles. The number of thioether (sulfide) groups is 1. The first kappa shape index (κ1) is 18.5. The first-order chi connectivity index (χ1) is 13.5. The van der Waals surface area contributed by atoms with Crippen LogP contribution in [0.2, 0.25) is 0 Å². The molecule has 1 fully saturated rings. The highest BCUT2D eigenvalue weighted by Gasteiger charge is 2.29. The highest BCUT2D eigenvalue weighted by atomic mass is 32.2. The number of fused-ring (bicyclic) bond motifs is 1. The minimum absolute atomic E-state index is 0.0685. The van der Waals surface area contributed by atoms with Crippen molar-refractivity contribution in [3.8, 4) is 6.07 Å². The number of hydrogen-bond donors (Lipinski definition) is 0. The third kappa shape index (κ3) is 3.03. The van der Waals surface area contributed by atoms with Gasteiger partial charge in [-0.25, -0.2) is 0 Å². The molecule has 2 heterocycles. The quantitative estimate of drug-likeness (QED) is 0.470. The highest BCUT2D eigenvalue weighted by molar-refractivity contribution is 8.26. The van der Waals surface area contributed by atoms with Crippen molar-refractivity contribution in [2.45, 2.75) is 13.5 Å². The summed E-state index contributed by atoms with van der Waals surface area (Å²) in [6, 6.07) is 18.0. The van der Waals surface area contributed by atoms with E-state index < -0.39 is 0 Å². The number of para-hydroxylation sites is 1. The van der Waals surface area contributed by atoms with E-state index in [0.717, 1.165) is 27.7 Å². The van der Waals surface area contributed by atoms with E-state index in [1.54, 1.807) is 7.05 Å². The summed E-state index contributed by atoms with van der Waals surface area (Å²) >= 11 is 6.58. The van der Waals surface area contributed by atoms with Crippen LogP contribution in [0.4, 0.5) is 0 Å². The SMILES string of the molecule is Cc1c(/C=C2/SC(=S)N(C)C2=O)c2ccccc2n1Cc1ccccc1C#N. The Balaban J connectivity index is 1.87. The Kier molecular flexibility index (Phi) is 4.80. The van der Waals surface area contributed by atoms with Gasteiger partial charge in [-0.2, -0.15) is 5.26 Å². The van der Waals surface area contributed by atoms with Crippen molar-refractivity contribution >= 4 is 51.2 Å². The molecule has 1 aromatic heterocycles. The number of thiocarbonyl (C=S) groups is 1. The van der Waals surface area contributed by atoms with Crippen molar-refractivity contribution in [3.05, 3.63) is 75.8 Å². The molecule has 0 unspecified atom stereocenters. The summed E-state index contributed by atoms with van der Waals surface area (Å²) in [5, 5.41) is 10.5. The number of hydrogen-bond acceptors (Lipinski definition) is 4. The first-order valence-electron chi connectivity index (χ1n) is 8.78.